The van der Waals surface area contributed by atoms with Crippen LogP contribution in [0.15, 0.2) is 0 Å². The third-order valence-electron chi connectivity index (χ3n) is 3.09. The zero-order valence-electron chi connectivity index (χ0n) is 10.3. The van der Waals surface area contributed by atoms with Crippen LogP contribution in [0.25, 0.3) is 0 Å². The van der Waals surface area contributed by atoms with Gasteiger partial charge in [-0.05, 0) is 33.1 Å². The van der Waals surface area contributed by atoms with Gasteiger partial charge in [-0.1, -0.05) is 13.3 Å². The van der Waals surface area contributed by atoms with Gasteiger partial charge in [0.25, 0.3) is 0 Å². The molecule has 3 nitrogen and oxygen atoms in total. The van der Waals surface area contributed by atoms with E-state index in [4.69, 9.17) is 5.73 Å². The molecule has 3 heteroatoms. The van der Waals surface area contributed by atoms with Crippen LogP contribution in [0.5, 0.6) is 0 Å². The van der Waals surface area contributed by atoms with Gasteiger partial charge >= 0.3 is 0 Å². The van der Waals surface area contributed by atoms with Crippen molar-refractivity contribution in [3.8, 4) is 0 Å². The Kier molecular flexibility index (Phi) is 4.14. The van der Waals surface area contributed by atoms with Crippen LogP contribution in [0.2, 0.25) is 0 Å². The zero-order valence-corrected chi connectivity index (χ0v) is 10.3. The lowest BCUT2D eigenvalue weighted by molar-refractivity contribution is -0.140. The molecular formula is C12H24N2O. The summed E-state index contributed by atoms with van der Waals surface area (Å²) in [6.45, 7) is 7.38. The molecule has 0 atom stereocenters. The quantitative estimate of drug-likeness (QED) is 0.729. The smallest absolute Gasteiger partial charge is 0.229 e. The molecule has 0 bridgehead atoms. The van der Waals surface area contributed by atoms with Gasteiger partial charge in [-0.25, -0.2) is 0 Å². The first-order chi connectivity index (χ1) is 7.03. The summed E-state index contributed by atoms with van der Waals surface area (Å²) >= 11 is 0. The van der Waals surface area contributed by atoms with Gasteiger partial charge in [-0.3, -0.25) is 4.79 Å². The molecule has 0 radical (unpaired) electrons. The zero-order chi connectivity index (χ0) is 11.5. The Balaban J connectivity index is 2.58. The number of nitrogens with two attached hydrogens (primary N) is 1. The molecule has 1 rings (SSSR count). The molecule has 0 aromatic carbocycles. The second kappa shape index (κ2) is 4.97. The molecule has 0 aromatic heterocycles. The number of carbonyl (C=O) groups excluding carboxylic acids is 1. The van der Waals surface area contributed by atoms with E-state index in [-0.39, 0.29) is 5.91 Å². The molecular weight excluding hydrogens is 188 g/mol. The van der Waals surface area contributed by atoms with Gasteiger partial charge in [0.05, 0.1) is 5.41 Å². The van der Waals surface area contributed by atoms with E-state index in [1.54, 1.807) is 0 Å². The normalized spacial score (nSPS) is 16.5. The van der Waals surface area contributed by atoms with Crippen molar-refractivity contribution in [1.29, 1.82) is 0 Å². The van der Waals surface area contributed by atoms with E-state index in [9.17, 15) is 4.79 Å². The van der Waals surface area contributed by atoms with Crippen molar-refractivity contribution in [2.75, 3.05) is 13.1 Å². The number of rotatable bonds is 6. The predicted molar refractivity (Wildman–Crippen MR) is 62.5 cm³/mol. The number of hydrogen-bond acceptors (Lipinski definition) is 2. The van der Waals surface area contributed by atoms with Gasteiger partial charge in [0.15, 0.2) is 0 Å². The minimum Gasteiger partial charge on any atom is -0.339 e. The predicted octanol–water partition coefficient (Wildman–Crippen LogP) is 1.76. The largest absolute Gasteiger partial charge is 0.339 e. The molecule has 1 fully saturated rings. The van der Waals surface area contributed by atoms with Crippen LogP contribution in [-0.2, 0) is 4.79 Å². The Bertz CT molecular complexity index is 222. The summed E-state index contributed by atoms with van der Waals surface area (Å²) in [6.07, 6.45) is 4.59. The molecule has 2 N–H and O–H groups in total. The Morgan fingerprint density at radius 3 is 2.47 bits per heavy atom. The first-order valence-electron chi connectivity index (χ1n) is 6.04. The average molecular weight is 212 g/mol. The van der Waals surface area contributed by atoms with Gasteiger partial charge < -0.3 is 10.6 Å². The Morgan fingerprint density at radius 1 is 1.47 bits per heavy atom. The fraction of sp³-hybridized carbons (Fsp3) is 0.917. The Hall–Kier alpha value is -0.570. The van der Waals surface area contributed by atoms with Gasteiger partial charge in [-0.2, -0.15) is 0 Å². The molecule has 15 heavy (non-hydrogen) atoms. The van der Waals surface area contributed by atoms with Gasteiger partial charge in [0, 0.05) is 19.1 Å². The molecule has 88 valence electrons. The molecule has 0 aromatic rings. The number of hydrogen-bond donors (Lipinski definition) is 1. The van der Waals surface area contributed by atoms with Crippen LogP contribution in [0, 0.1) is 5.41 Å². The number of carbonyl (C=O) groups is 1. The lowest BCUT2D eigenvalue weighted by Crippen LogP contribution is -2.46. The first-order valence-corrected chi connectivity index (χ1v) is 6.04. The molecule has 0 spiro atoms. The fourth-order valence-electron chi connectivity index (χ4n) is 1.64. The van der Waals surface area contributed by atoms with Crippen LogP contribution < -0.4 is 5.73 Å². The fourth-order valence-corrected chi connectivity index (χ4v) is 1.64. The Morgan fingerprint density at radius 2 is 2.07 bits per heavy atom. The third kappa shape index (κ3) is 3.20. The highest BCUT2D eigenvalue weighted by atomic mass is 16.2. The van der Waals surface area contributed by atoms with Gasteiger partial charge in [0.2, 0.25) is 5.91 Å². The highest BCUT2D eigenvalue weighted by molar-refractivity contribution is 5.82. The van der Waals surface area contributed by atoms with E-state index >= 15 is 0 Å². The SMILES string of the molecule is CCCCN(C(=O)C(C)(C)CN)C1CC1. The van der Waals surface area contributed by atoms with Crippen molar-refractivity contribution in [2.24, 2.45) is 11.1 Å². The van der Waals surface area contributed by atoms with Crippen molar-refractivity contribution >= 4 is 5.91 Å². The van der Waals surface area contributed by atoms with Gasteiger partial charge in [0.1, 0.15) is 0 Å². The molecule has 1 aliphatic rings. The summed E-state index contributed by atoms with van der Waals surface area (Å²) in [4.78, 5) is 14.3. The summed E-state index contributed by atoms with van der Waals surface area (Å²) < 4.78 is 0. The van der Waals surface area contributed by atoms with Crippen LogP contribution in [0.1, 0.15) is 46.5 Å². The lowest BCUT2D eigenvalue weighted by Gasteiger charge is -2.31. The van der Waals surface area contributed by atoms with E-state index in [0.29, 0.717) is 12.6 Å². The van der Waals surface area contributed by atoms with Crippen LogP contribution in [-0.4, -0.2) is 29.9 Å². The summed E-state index contributed by atoms with van der Waals surface area (Å²) in [5, 5.41) is 0. The molecule has 1 amide bonds. The number of amides is 1. The monoisotopic (exact) mass is 212 g/mol. The van der Waals surface area contributed by atoms with Crippen molar-refractivity contribution in [3.05, 3.63) is 0 Å². The van der Waals surface area contributed by atoms with Crippen molar-refractivity contribution < 1.29 is 4.79 Å². The van der Waals surface area contributed by atoms with Gasteiger partial charge in [-0.15, -0.1) is 0 Å². The average Bonchev–Trinajstić information content (AvgIpc) is 3.02. The second-order valence-electron chi connectivity index (χ2n) is 5.17. The highest BCUT2D eigenvalue weighted by Gasteiger charge is 2.38. The van der Waals surface area contributed by atoms with Crippen molar-refractivity contribution in [2.45, 2.75) is 52.5 Å². The third-order valence-corrected chi connectivity index (χ3v) is 3.09. The van der Waals surface area contributed by atoms with Crippen LogP contribution >= 0.6 is 0 Å². The molecule has 0 saturated heterocycles. The van der Waals surface area contributed by atoms with E-state index < -0.39 is 5.41 Å². The molecule has 0 unspecified atom stereocenters. The molecule has 0 aliphatic heterocycles. The summed E-state index contributed by atoms with van der Waals surface area (Å²) in [5.74, 6) is 0.237. The van der Waals surface area contributed by atoms with Crippen LogP contribution in [0.3, 0.4) is 0 Å². The van der Waals surface area contributed by atoms with Crippen molar-refractivity contribution in [3.63, 3.8) is 0 Å². The summed E-state index contributed by atoms with van der Waals surface area (Å²) in [7, 11) is 0. The van der Waals surface area contributed by atoms with E-state index in [0.717, 1.165) is 19.4 Å². The maximum atomic E-state index is 12.2. The second-order valence-corrected chi connectivity index (χ2v) is 5.17. The lowest BCUT2D eigenvalue weighted by atomic mass is 9.91. The summed E-state index contributed by atoms with van der Waals surface area (Å²) in [5.41, 5.74) is 5.25. The standard InChI is InChI=1S/C12H24N2O/c1-4-5-8-14(10-6-7-10)11(15)12(2,3)9-13/h10H,4-9,13H2,1-3H3. The highest BCUT2D eigenvalue weighted by Crippen LogP contribution is 2.31. The van der Waals surface area contributed by atoms with E-state index in [2.05, 4.69) is 11.8 Å². The number of nitrogens with zero attached hydrogens (tertiary/aromatic N) is 1. The van der Waals surface area contributed by atoms with E-state index in [1.165, 1.54) is 12.8 Å². The number of unbranched alkanes of at least 4 members (excludes halogenated alkanes) is 1. The first kappa shape index (κ1) is 12.5. The molecule has 1 aliphatic carbocycles. The van der Waals surface area contributed by atoms with Crippen LogP contribution in [0.4, 0.5) is 0 Å². The maximum Gasteiger partial charge on any atom is 0.229 e. The minimum absolute atomic E-state index is 0.237. The molecule has 0 heterocycles. The Labute approximate surface area is 93.0 Å². The van der Waals surface area contributed by atoms with Crippen molar-refractivity contribution in [1.82, 2.24) is 4.90 Å². The maximum absolute atomic E-state index is 12.2. The minimum atomic E-state index is -0.393. The topological polar surface area (TPSA) is 46.3 Å². The van der Waals surface area contributed by atoms with E-state index in [1.807, 2.05) is 13.8 Å². The summed E-state index contributed by atoms with van der Waals surface area (Å²) in [6, 6.07) is 0.509. The molecule has 1 saturated carbocycles.